The van der Waals surface area contributed by atoms with Crippen molar-refractivity contribution in [3.05, 3.63) is 64.3 Å². The van der Waals surface area contributed by atoms with Gasteiger partial charge in [0.25, 0.3) is 0 Å². The topological polar surface area (TPSA) is 242 Å². The zero-order chi connectivity index (χ0) is 64.0. The quantitative estimate of drug-likeness (QED) is 0.0457. The van der Waals surface area contributed by atoms with Gasteiger partial charge in [0.05, 0.1) is 233 Å². The number of nitrogens with zero attached hydrogens (tertiary/aromatic N) is 4. The van der Waals surface area contributed by atoms with E-state index in [2.05, 4.69) is 51.1 Å². The normalized spacial score (nSPS) is 13.5. The Labute approximate surface area is 537 Å². The van der Waals surface area contributed by atoms with Crippen LogP contribution in [0.5, 0.6) is 5.75 Å². The Bertz CT molecular complexity index is 2420. The summed E-state index contributed by atoms with van der Waals surface area (Å²) >= 11 is 6.72. The summed E-state index contributed by atoms with van der Waals surface area (Å²) in [7, 11) is 0. The lowest BCUT2D eigenvalue weighted by molar-refractivity contribution is -0.0301. The van der Waals surface area contributed by atoms with Gasteiger partial charge in [-0.25, -0.2) is 9.78 Å². The predicted octanol–water partition coefficient (Wildman–Crippen LogP) is 6.62. The fourth-order valence-electron chi connectivity index (χ4n) is 9.03. The molecular formula is C64H104ClN5O20. The number of aromatic nitrogens is 3. The highest BCUT2D eigenvalue weighted by atomic mass is 35.5. The minimum absolute atomic E-state index is 0.326. The zero-order valence-corrected chi connectivity index (χ0v) is 55.2. The van der Waals surface area contributed by atoms with Gasteiger partial charge < -0.3 is 99.7 Å². The Hall–Kier alpha value is -4.20. The summed E-state index contributed by atoms with van der Waals surface area (Å²) in [5.74, 6) is 2.46. The molecule has 2 aromatic carbocycles. The minimum atomic E-state index is -0.522. The number of nitrogens with one attached hydrogen (secondary N) is 1. The van der Waals surface area contributed by atoms with E-state index in [1.165, 1.54) is 0 Å². The fourth-order valence-corrected chi connectivity index (χ4v) is 9.28. The summed E-state index contributed by atoms with van der Waals surface area (Å²) < 4.78 is 108. The van der Waals surface area contributed by atoms with Crippen LogP contribution in [0.2, 0.25) is 5.02 Å². The Morgan fingerprint density at radius 1 is 0.567 bits per heavy atom. The molecule has 3 heterocycles. The molecule has 25 nitrogen and oxygen atoms in total. The number of ether oxygens (including phenoxy) is 18. The Kier molecular flexibility index (Phi) is 41.2. The van der Waals surface area contributed by atoms with E-state index in [1.54, 1.807) is 0 Å². The molecule has 0 radical (unpaired) electrons. The Balaban J connectivity index is 0.704. The van der Waals surface area contributed by atoms with Crippen LogP contribution in [0.1, 0.15) is 50.5 Å². The van der Waals surface area contributed by atoms with Crippen LogP contribution < -0.4 is 10.1 Å². The van der Waals surface area contributed by atoms with Gasteiger partial charge in [-0.2, -0.15) is 0 Å². The van der Waals surface area contributed by atoms with Gasteiger partial charge in [-0.05, 0) is 83.4 Å². The van der Waals surface area contributed by atoms with Gasteiger partial charge >= 0.3 is 6.09 Å². The number of carbonyl (C=O) groups excluding carboxylic acids is 1. The van der Waals surface area contributed by atoms with Gasteiger partial charge in [0.1, 0.15) is 29.5 Å². The maximum absolute atomic E-state index is 11.6. The molecule has 2 aromatic heterocycles. The van der Waals surface area contributed by atoms with Crippen molar-refractivity contribution in [3.8, 4) is 16.9 Å². The molecule has 0 aliphatic carbocycles. The van der Waals surface area contributed by atoms with Crippen LogP contribution >= 0.6 is 11.6 Å². The molecule has 0 bridgehead atoms. The molecule has 4 aromatic rings. The molecule has 1 fully saturated rings. The van der Waals surface area contributed by atoms with Crippen molar-refractivity contribution in [2.24, 2.45) is 0 Å². The summed E-state index contributed by atoms with van der Waals surface area (Å²) in [5, 5.41) is 7.37. The maximum Gasteiger partial charge on any atom is 0.407 e. The summed E-state index contributed by atoms with van der Waals surface area (Å²) in [5.41, 5.74) is 5.60. The van der Waals surface area contributed by atoms with Gasteiger partial charge in [0.2, 0.25) is 0 Å². The number of fused-ring (bicyclic) bond motifs is 1. The number of morpholine rings is 1. The van der Waals surface area contributed by atoms with Crippen LogP contribution in [-0.2, 0) is 99.9 Å². The highest BCUT2D eigenvalue weighted by Crippen LogP contribution is 2.31. The van der Waals surface area contributed by atoms with Crippen LogP contribution in [0.25, 0.3) is 22.2 Å². The standard InChI is InChI=1S/C64H104ClN5O20/c1-52(69-14-17-73-18-15-69)51-70-59-10-9-56(62-53(2)68-90-54(62)3)50-58(59)67-61(70)12-8-55-7-11-60(57(65)49-55)88-48-47-87-46-45-86-44-43-85-42-41-84-40-39-83-38-37-82-36-35-81-34-33-80-32-31-79-30-29-78-28-27-77-26-25-76-24-23-75-22-21-74-20-19-72-16-13-66-63(71)89-64(4,5)6/h7,9-11,49-50,52H,8,12-48,51H2,1-6H3,(H,66,71)/t52-/m0/s1. The molecule has 1 amide bonds. The summed E-state index contributed by atoms with van der Waals surface area (Å²) in [6, 6.07) is 12.8. The first kappa shape index (κ1) is 76.5. The van der Waals surface area contributed by atoms with E-state index in [0.29, 0.717) is 228 Å². The molecule has 0 spiro atoms. The average molecular weight is 1300 g/mol. The van der Waals surface area contributed by atoms with Crippen molar-refractivity contribution in [1.29, 1.82) is 0 Å². The number of amides is 1. The maximum atomic E-state index is 11.6. The zero-order valence-electron chi connectivity index (χ0n) is 54.5. The number of hydrogen-bond donors (Lipinski definition) is 1. The fraction of sp³-hybridized carbons (Fsp3) is 0.734. The number of carbonyl (C=O) groups is 1. The number of alkyl carbamates (subject to hydrolysis) is 1. The average Bonchev–Trinajstić information content (AvgIpc) is 2.09. The highest BCUT2D eigenvalue weighted by Gasteiger charge is 2.22. The molecule has 512 valence electrons. The number of imidazole rings is 1. The molecular weight excluding hydrogens is 1190 g/mol. The minimum Gasteiger partial charge on any atom is -0.490 e. The number of benzene rings is 2. The second kappa shape index (κ2) is 48.5. The van der Waals surface area contributed by atoms with Gasteiger partial charge in [0, 0.05) is 44.2 Å². The molecule has 90 heavy (non-hydrogen) atoms. The summed E-state index contributed by atoms with van der Waals surface area (Å²) in [6.07, 6.45) is 1.07. The first-order chi connectivity index (χ1) is 44.0. The molecule has 1 N–H and O–H groups in total. The predicted molar refractivity (Wildman–Crippen MR) is 337 cm³/mol. The molecule has 1 aliphatic heterocycles. The van der Waals surface area contributed by atoms with E-state index in [9.17, 15) is 4.79 Å². The van der Waals surface area contributed by atoms with Crippen LogP contribution in [0.15, 0.2) is 40.9 Å². The monoisotopic (exact) mass is 1300 g/mol. The van der Waals surface area contributed by atoms with E-state index in [4.69, 9.17) is 106 Å². The van der Waals surface area contributed by atoms with Gasteiger partial charge in [-0.3, -0.25) is 4.90 Å². The van der Waals surface area contributed by atoms with E-state index in [1.807, 2.05) is 46.8 Å². The van der Waals surface area contributed by atoms with Crippen molar-refractivity contribution >= 4 is 28.7 Å². The largest absolute Gasteiger partial charge is 0.490 e. The van der Waals surface area contributed by atoms with Crippen molar-refractivity contribution in [2.75, 3.05) is 238 Å². The van der Waals surface area contributed by atoms with Crippen molar-refractivity contribution in [3.63, 3.8) is 0 Å². The van der Waals surface area contributed by atoms with Crippen molar-refractivity contribution < 1.29 is 94.6 Å². The number of hydrogen-bond acceptors (Lipinski definition) is 23. The third-order valence-corrected chi connectivity index (χ3v) is 13.8. The number of rotatable bonds is 56. The second-order valence-corrected chi connectivity index (χ2v) is 22.2. The lowest BCUT2D eigenvalue weighted by Gasteiger charge is -2.32. The SMILES string of the molecule is Cc1noc(C)c1-c1ccc2c(c1)nc(CCc1ccc(OCCOCCOCCOCCOCCOCCOCCOCCOCCOCCOCCOCCOCCOCCOCCOCCNC(=O)OC(C)(C)C)c(Cl)c1)n2C[C@H](C)N1CCOCC1. The lowest BCUT2D eigenvalue weighted by Crippen LogP contribution is -2.44. The Morgan fingerprint density at radius 2 is 0.989 bits per heavy atom. The number of aryl methyl sites for hydroxylation is 4. The molecule has 1 aliphatic rings. The van der Waals surface area contributed by atoms with E-state index in [0.717, 1.165) is 90.7 Å². The van der Waals surface area contributed by atoms with Gasteiger partial charge in [-0.15, -0.1) is 0 Å². The number of halogens is 1. The summed E-state index contributed by atoms with van der Waals surface area (Å²) in [6.45, 7) is 30.5. The van der Waals surface area contributed by atoms with Crippen LogP contribution in [0.3, 0.4) is 0 Å². The van der Waals surface area contributed by atoms with E-state index >= 15 is 0 Å². The Morgan fingerprint density at radius 3 is 1.39 bits per heavy atom. The van der Waals surface area contributed by atoms with E-state index in [-0.39, 0.29) is 0 Å². The van der Waals surface area contributed by atoms with Gasteiger partial charge in [0.15, 0.2) is 0 Å². The van der Waals surface area contributed by atoms with Crippen LogP contribution in [-0.4, -0.2) is 275 Å². The van der Waals surface area contributed by atoms with Crippen molar-refractivity contribution in [2.45, 2.75) is 72.6 Å². The van der Waals surface area contributed by atoms with Gasteiger partial charge in [-0.1, -0.05) is 28.9 Å². The smallest absolute Gasteiger partial charge is 0.407 e. The summed E-state index contributed by atoms with van der Waals surface area (Å²) in [4.78, 5) is 19.2. The highest BCUT2D eigenvalue weighted by molar-refractivity contribution is 6.32. The molecule has 0 unspecified atom stereocenters. The molecule has 5 rings (SSSR count). The third-order valence-electron chi connectivity index (χ3n) is 13.5. The molecule has 1 saturated heterocycles. The third kappa shape index (κ3) is 34.6. The molecule has 1 atom stereocenters. The van der Waals surface area contributed by atoms with Crippen molar-refractivity contribution in [1.82, 2.24) is 24.9 Å². The van der Waals surface area contributed by atoms with Crippen LogP contribution in [0.4, 0.5) is 4.79 Å². The van der Waals surface area contributed by atoms with Crippen LogP contribution in [0, 0.1) is 13.8 Å². The lowest BCUT2D eigenvalue weighted by atomic mass is 10.0. The molecule has 26 heteroatoms. The second-order valence-electron chi connectivity index (χ2n) is 21.8. The molecule has 0 saturated carbocycles. The first-order valence-corrected chi connectivity index (χ1v) is 32.1. The first-order valence-electron chi connectivity index (χ1n) is 31.8. The van der Waals surface area contributed by atoms with E-state index < -0.39 is 11.7 Å².